The van der Waals surface area contributed by atoms with Gasteiger partial charge in [-0.25, -0.2) is 9.78 Å². The van der Waals surface area contributed by atoms with Gasteiger partial charge in [-0.15, -0.1) is 0 Å². The highest BCUT2D eigenvalue weighted by Crippen LogP contribution is 2.35. The van der Waals surface area contributed by atoms with Gasteiger partial charge in [-0.3, -0.25) is 19.4 Å². The topological polar surface area (TPSA) is 120 Å². The van der Waals surface area contributed by atoms with Crippen LogP contribution in [0.4, 0.5) is 39.3 Å². The van der Waals surface area contributed by atoms with E-state index in [1.807, 2.05) is 44.2 Å². The lowest BCUT2D eigenvalue weighted by Gasteiger charge is -2.35. The van der Waals surface area contributed by atoms with Crippen molar-refractivity contribution in [1.82, 2.24) is 9.97 Å². The Kier molecular flexibility index (Phi) is 9.80. The summed E-state index contributed by atoms with van der Waals surface area (Å²) in [5, 5.41) is 9.09. The molecule has 1 aliphatic heterocycles. The molecule has 0 unspecified atom stereocenters. The fourth-order valence-corrected chi connectivity index (χ4v) is 6.13. The number of carbonyl (C=O) groups excluding carboxylic acids is 3. The molecule has 3 N–H and O–H groups in total. The summed E-state index contributed by atoms with van der Waals surface area (Å²) in [6.45, 7) is 9.88. The zero-order valence-electron chi connectivity index (χ0n) is 26.7. The van der Waals surface area contributed by atoms with Gasteiger partial charge in [-0.05, 0) is 86.9 Å². The van der Waals surface area contributed by atoms with Gasteiger partial charge in [-0.2, -0.15) is 4.98 Å². The van der Waals surface area contributed by atoms with E-state index in [1.165, 1.54) is 30.2 Å². The van der Waals surface area contributed by atoms with Crippen LogP contribution in [0.25, 0.3) is 0 Å². The highest BCUT2D eigenvalue weighted by molar-refractivity contribution is 6.06. The Morgan fingerprint density at radius 1 is 1.02 bits per heavy atom. The lowest BCUT2D eigenvalue weighted by molar-refractivity contribution is -0.121. The summed E-state index contributed by atoms with van der Waals surface area (Å²) in [5.41, 5.74) is 5.37. The number of amides is 4. The van der Waals surface area contributed by atoms with E-state index in [0.717, 1.165) is 54.0 Å². The molecular weight excluding hydrogens is 566 g/mol. The Morgan fingerprint density at radius 3 is 2.49 bits per heavy atom. The summed E-state index contributed by atoms with van der Waals surface area (Å²) in [5.74, 6) is 1.37. The Hall–Kier alpha value is -4.73. The first-order valence-electron chi connectivity index (χ1n) is 15.8. The molecule has 1 aromatic heterocycles. The number of nitrogens with zero attached hydrogens (tertiary/aromatic N) is 4. The third-order valence-electron chi connectivity index (χ3n) is 8.89. The van der Waals surface area contributed by atoms with E-state index in [9.17, 15) is 14.4 Å². The molecule has 0 spiro atoms. The first-order chi connectivity index (χ1) is 21.7. The van der Waals surface area contributed by atoms with Crippen LogP contribution in [0.3, 0.4) is 0 Å². The predicted octanol–water partition coefficient (Wildman–Crippen LogP) is 7.47. The molecule has 0 bridgehead atoms. The number of rotatable bonds is 10. The first-order valence-corrected chi connectivity index (χ1v) is 15.8. The number of nitrogens with one attached hydrogen (secondary N) is 3. The maximum absolute atomic E-state index is 13.6. The number of benzene rings is 2. The molecule has 5 rings (SSSR count). The minimum absolute atomic E-state index is 0.0274. The Balaban J connectivity index is 1.28. The lowest BCUT2D eigenvalue weighted by atomic mass is 9.79. The van der Waals surface area contributed by atoms with E-state index in [1.54, 1.807) is 24.2 Å². The molecule has 236 valence electrons. The zero-order valence-corrected chi connectivity index (χ0v) is 26.7. The van der Waals surface area contributed by atoms with Crippen LogP contribution >= 0.6 is 0 Å². The van der Waals surface area contributed by atoms with E-state index >= 15 is 0 Å². The normalized spacial score (nSPS) is 17.8. The molecule has 45 heavy (non-hydrogen) atoms. The van der Waals surface area contributed by atoms with Crippen LogP contribution in [0.15, 0.2) is 55.3 Å². The first kappa shape index (κ1) is 31.7. The van der Waals surface area contributed by atoms with E-state index in [4.69, 9.17) is 0 Å². The molecule has 10 nitrogen and oxygen atoms in total. The maximum Gasteiger partial charge on any atom is 0.330 e. The molecule has 0 radical (unpaired) electrons. The monoisotopic (exact) mass is 609 g/mol. The highest BCUT2D eigenvalue weighted by Gasteiger charge is 2.32. The third kappa shape index (κ3) is 7.33. The second kappa shape index (κ2) is 13.9. The van der Waals surface area contributed by atoms with E-state index < -0.39 is 0 Å². The largest absolute Gasteiger partial charge is 0.330 e. The fraction of sp³-hybridized carbons (Fsp3) is 0.400. The standard InChI is InChI=1S/C35H43N7O3/c1-6-8-9-24-12-14-25(15-13-24)33(44)37-28-17-11-23(4)30(19-28)42-21-26-20-36-34(40-32(26)41(5)35(42)45)38-27-16-10-22(3)29(18-27)39-31(43)7-2/h7,10-11,16-20,24-25H,2,6,8-9,12-15,21H2,1,3-5H3,(H,37,44)(H,39,43)(H,36,38,40). The Bertz CT molecular complexity index is 1600. The summed E-state index contributed by atoms with van der Waals surface area (Å²) >= 11 is 0. The van der Waals surface area contributed by atoms with Crippen molar-refractivity contribution in [2.45, 2.75) is 72.3 Å². The number of carbonyl (C=O) groups is 3. The van der Waals surface area contributed by atoms with Crippen molar-refractivity contribution in [3.05, 3.63) is 71.9 Å². The molecule has 2 aliphatic rings. The second-order valence-corrected chi connectivity index (χ2v) is 12.2. The second-order valence-electron chi connectivity index (χ2n) is 12.2. The van der Waals surface area contributed by atoms with Gasteiger partial charge in [0.2, 0.25) is 17.8 Å². The van der Waals surface area contributed by atoms with Gasteiger partial charge in [0.25, 0.3) is 0 Å². The number of unbranched alkanes of at least 4 members (excludes halogenated alkanes) is 1. The number of fused-ring (bicyclic) bond motifs is 1. The van der Waals surface area contributed by atoms with Crippen molar-refractivity contribution in [2.75, 3.05) is 32.8 Å². The molecule has 2 aromatic carbocycles. The molecule has 2 heterocycles. The van der Waals surface area contributed by atoms with E-state index in [2.05, 4.69) is 39.4 Å². The summed E-state index contributed by atoms with van der Waals surface area (Å²) in [7, 11) is 1.69. The van der Waals surface area contributed by atoms with Crippen LogP contribution in [0.2, 0.25) is 0 Å². The summed E-state index contributed by atoms with van der Waals surface area (Å²) in [4.78, 5) is 51.0. The fourth-order valence-electron chi connectivity index (χ4n) is 6.13. The number of aryl methyl sites for hydroxylation is 2. The van der Waals surface area contributed by atoms with Crippen LogP contribution in [-0.4, -0.2) is 34.9 Å². The van der Waals surface area contributed by atoms with Crippen molar-refractivity contribution >= 4 is 52.4 Å². The predicted molar refractivity (Wildman–Crippen MR) is 180 cm³/mol. The Morgan fingerprint density at radius 2 is 1.76 bits per heavy atom. The third-order valence-corrected chi connectivity index (χ3v) is 8.89. The molecular formula is C35H43N7O3. The smallest absolute Gasteiger partial charge is 0.326 e. The van der Waals surface area contributed by atoms with Gasteiger partial charge >= 0.3 is 6.03 Å². The van der Waals surface area contributed by atoms with E-state index in [-0.39, 0.29) is 23.8 Å². The SMILES string of the molecule is C=CC(=O)Nc1cc(Nc2ncc3c(n2)N(C)C(=O)N(c2cc(NC(=O)C4CCC(CCCC)CC4)ccc2C)C3)ccc1C. The van der Waals surface area contributed by atoms with Crippen LogP contribution < -0.4 is 25.8 Å². The van der Waals surface area contributed by atoms with Gasteiger partial charge in [0.1, 0.15) is 5.82 Å². The Labute approximate surface area is 265 Å². The molecule has 1 saturated carbocycles. The van der Waals surface area contributed by atoms with Gasteiger partial charge in [0, 0.05) is 41.8 Å². The van der Waals surface area contributed by atoms with Crippen molar-refractivity contribution in [2.24, 2.45) is 11.8 Å². The van der Waals surface area contributed by atoms with Crippen LogP contribution in [0.5, 0.6) is 0 Å². The quantitative estimate of drug-likeness (QED) is 0.205. The summed E-state index contributed by atoms with van der Waals surface area (Å²) in [6, 6.07) is 11.0. The molecule has 0 saturated heterocycles. The highest BCUT2D eigenvalue weighted by atomic mass is 16.2. The number of aromatic nitrogens is 2. The molecule has 0 atom stereocenters. The van der Waals surface area contributed by atoms with Crippen LogP contribution in [0.1, 0.15) is 68.6 Å². The summed E-state index contributed by atoms with van der Waals surface area (Å²) in [6.07, 6.45) is 10.8. The van der Waals surface area contributed by atoms with Crippen molar-refractivity contribution < 1.29 is 14.4 Å². The van der Waals surface area contributed by atoms with Gasteiger partial charge in [0.15, 0.2) is 0 Å². The molecule has 4 amide bonds. The number of hydrogen-bond donors (Lipinski definition) is 3. The minimum atomic E-state index is -0.298. The van der Waals surface area contributed by atoms with Crippen molar-refractivity contribution in [3.63, 3.8) is 0 Å². The maximum atomic E-state index is 13.6. The number of anilines is 6. The number of hydrogen-bond acceptors (Lipinski definition) is 6. The average molecular weight is 610 g/mol. The van der Waals surface area contributed by atoms with Gasteiger partial charge < -0.3 is 16.0 Å². The molecule has 3 aromatic rings. The van der Waals surface area contributed by atoms with Crippen molar-refractivity contribution in [3.8, 4) is 0 Å². The molecule has 1 aliphatic carbocycles. The molecule has 1 fully saturated rings. The van der Waals surface area contributed by atoms with E-state index in [0.29, 0.717) is 35.4 Å². The summed E-state index contributed by atoms with van der Waals surface area (Å²) < 4.78 is 0. The minimum Gasteiger partial charge on any atom is -0.326 e. The van der Waals surface area contributed by atoms with Crippen molar-refractivity contribution in [1.29, 1.82) is 0 Å². The zero-order chi connectivity index (χ0) is 32.1. The number of urea groups is 1. The average Bonchev–Trinajstić information content (AvgIpc) is 3.04. The van der Waals surface area contributed by atoms with Crippen LogP contribution in [0, 0.1) is 25.7 Å². The lowest BCUT2D eigenvalue weighted by Crippen LogP contribution is -2.46. The van der Waals surface area contributed by atoms with Gasteiger partial charge in [-0.1, -0.05) is 44.9 Å². The van der Waals surface area contributed by atoms with Gasteiger partial charge in [0.05, 0.1) is 12.2 Å². The van der Waals surface area contributed by atoms with Crippen LogP contribution in [-0.2, 0) is 16.1 Å². The molecule has 10 heteroatoms.